The summed E-state index contributed by atoms with van der Waals surface area (Å²) in [5, 5.41) is 12.6. The minimum atomic E-state index is -0.701. The van der Waals surface area contributed by atoms with Crippen LogP contribution in [0.4, 0.5) is 0 Å². The normalized spacial score (nSPS) is 22.3. The van der Waals surface area contributed by atoms with E-state index in [0.717, 1.165) is 11.1 Å². The lowest BCUT2D eigenvalue weighted by Crippen LogP contribution is -2.41. The maximum atomic E-state index is 12.6. The van der Waals surface area contributed by atoms with Gasteiger partial charge >= 0.3 is 0 Å². The number of hydrogen-bond acceptors (Lipinski definition) is 2. The summed E-state index contributed by atoms with van der Waals surface area (Å²) in [6.45, 7) is 4.31. The largest absolute Gasteiger partial charge is 0.621 e. The lowest BCUT2D eigenvalue weighted by atomic mass is 10.1. The Bertz CT molecular complexity index is 585. The Hall–Kier alpha value is -1.49. The smallest absolute Gasteiger partial charge is 0.231 e. The number of rotatable bonds is 2. The fourth-order valence-corrected chi connectivity index (χ4v) is 2.31. The summed E-state index contributed by atoms with van der Waals surface area (Å²) in [6.07, 6.45) is 6.50. The second-order valence-electron chi connectivity index (χ2n) is 4.49. The lowest BCUT2D eigenvalue weighted by Gasteiger charge is -2.38. The molecule has 0 N–H and O–H groups in total. The monoisotopic (exact) mass is 261 g/mol. The van der Waals surface area contributed by atoms with E-state index in [0.29, 0.717) is 0 Å². The van der Waals surface area contributed by atoms with Crippen molar-refractivity contribution in [2.24, 2.45) is 0 Å². The second kappa shape index (κ2) is 5.02. The fourth-order valence-electron chi connectivity index (χ4n) is 1.92. The van der Waals surface area contributed by atoms with Crippen molar-refractivity contribution in [2.45, 2.75) is 20.4 Å². The number of benzene rings is 1. The second-order valence-corrected chi connectivity index (χ2v) is 5.08. The van der Waals surface area contributed by atoms with Crippen molar-refractivity contribution >= 4 is 16.2 Å². The molecule has 1 aliphatic heterocycles. The van der Waals surface area contributed by atoms with Crippen molar-refractivity contribution < 1.29 is 8.86 Å². The third kappa shape index (κ3) is 2.51. The molecule has 4 heteroatoms. The number of quaternary nitrogens is 1. The third-order valence-electron chi connectivity index (χ3n) is 3.12. The van der Waals surface area contributed by atoms with Crippen molar-refractivity contribution in [2.75, 3.05) is 0 Å². The Morgan fingerprint density at radius 1 is 1.22 bits per heavy atom. The molecule has 1 heterocycles. The first-order valence-corrected chi connectivity index (χ1v) is 6.47. The van der Waals surface area contributed by atoms with Crippen LogP contribution in [0.25, 0.3) is 0 Å². The zero-order chi connectivity index (χ0) is 13.2. The molecule has 1 atom stereocenters. The average Bonchev–Trinajstić information content (AvgIpc) is 2.34. The first-order chi connectivity index (χ1) is 8.55. The van der Waals surface area contributed by atoms with Crippen LogP contribution in [-0.4, -0.2) is 13.8 Å². The minimum absolute atomic E-state index is 0.256. The Balaban J connectivity index is 2.32. The van der Waals surface area contributed by atoms with Crippen LogP contribution < -0.4 is 0 Å². The maximum Gasteiger partial charge on any atom is 0.231 e. The van der Waals surface area contributed by atoms with Gasteiger partial charge in [0.1, 0.15) is 12.7 Å². The van der Waals surface area contributed by atoms with Crippen molar-refractivity contribution in [3.63, 3.8) is 0 Å². The van der Waals surface area contributed by atoms with Crippen LogP contribution in [0.2, 0.25) is 0 Å². The van der Waals surface area contributed by atoms with E-state index < -0.39 is 4.65 Å². The van der Waals surface area contributed by atoms with Gasteiger partial charge in [0.2, 0.25) is 4.99 Å². The van der Waals surface area contributed by atoms with Crippen molar-refractivity contribution in [3.05, 3.63) is 64.5 Å². The molecule has 0 amide bonds. The van der Waals surface area contributed by atoms with Gasteiger partial charge in [0.05, 0.1) is 0 Å². The minimum Gasteiger partial charge on any atom is -0.621 e. The Labute approximate surface area is 110 Å². The number of allylic oxidation sites excluding steroid dienone is 2. The Morgan fingerprint density at radius 2 is 2.00 bits per heavy atom. The topological polar surface area (TPSA) is 40.1 Å². The van der Waals surface area contributed by atoms with Crippen molar-refractivity contribution in [1.29, 1.82) is 0 Å². The number of hydroxylamine groups is 3. The molecule has 18 heavy (non-hydrogen) atoms. The molecule has 0 spiro atoms. The summed E-state index contributed by atoms with van der Waals surface area (Å²) in [6, 6.07) is 5.95. The summed E-state index contributed by atoms with van der Waals surface area (Å²) in [4.78, 5) is 0.274. The van der Waals surface area contributed by atoms with Gasteiger partial charge < -0.3 is 5.21 Å². The highest BCUT2D eigenvalue weighted by Gasteiger charge is 2.23. The molecule has 0 radical (unpaired) electrons. The summed E-state index contributed by atoms with van der Waals surface area (Å²) in [5.41, 5.74) is 3.30. The number of hydrogen-bond donors (Lipinski definition) is 0. The quantitative estimate of drug-likeness (QED) is 0.466. The summed E-state index contributed by atoms with van der Waals surface area (Å²) < 4.78 is 10.3. The maximum absolute atomic E-state index is 12.6. The van der Waals surface area contributed by atoms with Gasteiger partial charge in [-0.25, -0.2) is 4.21 Å². The van der Waals surface area contributed by atoms with Gasteiger partial charge in [-0.3, -0.25) is 4.65 Å². The standard InChI is InChI=1S/C14H15NO2S/c1-11-6-7-13(9-12(11)2)10-15(16)8-4-3-5-14(15)18-17/h3-9H,10H2,1-2H3. The summed E-state index contributed by atoms with van der Waals surface area (Å²) >= 11 is 0.268. The molecule has 0 fully saturated rings. The zero-order valence-electron chi connectivity index (χ0n) is 10.4. The number of nitrogens with zero attached hydrogens (tertiary/aromatic N) is 1. The molecule has 0 aliphatic carbocycles. The summed E-state index contributed by atoms with van der Waals surface area (Å²) in [7, 11) is 0. The van der Waals surface area contributed by atoms with Crippen LogP contribution in [0, 0.1) is 19.1 Å². The van der Waals surface area contributed by atoms with Gasteiger partial charge in [0.25, 0.3) is 0 Å². The van der Waals surface area contributed by atoms with Crippen LogP contribution in [0.3, 0.4) is 0 Å². The molecular formula is C14H15NO2S. The van der Waals surface area contributed by atoms with E-state index in [1.807, 2.05) is 32.0 Å². The van der Waals surface area contributed by atoms with Gasteiger partial charge in [0.15, 0.2) is 11.3 Å². The molecule has 0 bridgehead atoms. The highest BCUT2D eigenvalue weighted by molar-refractivity contribution is 7.66. The Morgan fingerprint density at radius 3 is 2.67 bits per heavy atom. The predicted octanol–water partition coefficient (Wildman–Crippen LogP) is 2.54. The van der Waals surface area contributed by atoms with E-state index in [-0.39, 0.29) is 22.8 Å². The van der Waals surface area contributed by atoms with Crippen LogP contribution >= 0.6 is 0 Å². The molecule has 0 saturated carbocycles. The molecule has 3 nitrogen and oxygen atoms in total. The SMILES string of the molecule is Cc1ccc(C[N+]2([O-])C=CC=CC2=S=O)cc1C. The lowest BCUT2D eigenvalue weighted by molar-refractivity contribution is -0.744. The molecule has 1 aromatic carbocycles. The van der Waals surface area contributed by atoms with Crippen LogP contribution in [0.1, 0.15) is 16.7 Å². The van der Waals surface area contributed by atoms with E-state index in [1.165, 1.54) is 11.8 Å². The molecule has 1 unspecified atom stereocenters. The highest BCUT2D eigenvalue weighted by Crippen LogP contribution is 2.20. The van der Waals surface area contributed by atoms with E-state index in [4.69, 9.17) is 0 Å². The molecular weight excluding hydrogens is 246 g/mol. The van der Waals surface area contributed by atoms with Crippen molar-refractivity contribution in [1.82, 2.24) is 0 Å². The first-order valence-electron chi connectivity index (χ1n) is 5.73. The molecule has 0 saturated heterocycles. The van der Waals surface area contributed by atoms with Gasteiger partial charge in [-0.15, -0.1) is 0 Å². The fraction of sp³-hybridized carbons (Fsp3) is 0.214. The van der Waals surface area contributed by atoms with Gasteiger partial charge in [-0.2, -0.15) is 0 Å². The van der Waals surface area contributed by atoms with Gasteiger partial charge in [-0.1, -0.05) is 24.3 Å². The highest BCUT2D eigenvalue weighted by atomic mass is 32.1. The van der Waals surface area contributed by atoms with Crippen LogP contribution in [0.5, 0.6) is 0 Å². The molecule has 1 aliphatic rings. The molecule has 2 rings (SSSR count). The van der Waals surface area contributed by atoms with Gasteiger partial charge in [-0.05, 0) is 31.1 Å². The number of aryl methyl sites for hydroxylation is 2. The van der Waals surface area contributed by atoms with E-state index in [1.54, 1.807) is 18.2 Å². The van der Waals surface area contributed by atoms with Gasteiger partial charge in [0, 0.05) is 11.6 Å². The molecule has 1 aromatic rings. The van der Waals surface area contributed by atoms with Crippen molar-refractivity contribution in [3.8, 4) is 0 Å². The van der Waals surface area contributed by atoms with Crippen LogP contribution in [0.15, 0.2) is 42.6 Å². The zero-order valence-corrected chi connectivity index (χ0v) is 11.2. The third-order valence-corrected chi connectivity index (χ3v) is 3.74. The predicted molar refractivity (Wildman–Crippen MR) is 74.7 cm³/mol. The molecule has 94 valence electrons. The van der Waals surface area contributed by atoms with E-state index in [9.17, 15) is 9.42 Å². The molecule has 0 aromatic heterocycles. The average molecular weight is 261 g/mol. The van der Waals surface area contributed by atoms with E-state index in [2.05, 4.69) is 0 Å². The first kappa shape index (κ1) is 13.0. The van der Waals surface area contributed by atoms with Crippen LogP contribution in [-0.2, 0) is 17.8 Å². The Kier molecular flexibility index (Phi) is 3.61. The van der Waals surface area contributed by atoms with E-state index >= 15 is 0 Å². The summed E-state index contributed by atoms with van der Waals surface area (Å²) in [5.74, 6) is 0.